The third kappa shape index (κ3) is 1.43. The van der Waals surface area contributed by atoms with Crippen LogP contribution in [0.25, 0.3) is 0 Å². The first-order chi connectivity index (χ1) is 10.1. The van der Waals surface area contributed by atoms with Crippen molar-refractivity contribution in [1.29, 1.82) is 0 Å². The zero-order valence-electron chi connectivity index (χ0n) is 14.8. The lowest BCUT2D eigenvalue weighted by Gasteiger charge is -2.47. The maximum Gasteiger partial charge on any atom is 0.140 e. The summed E-state index contributed by atoms with van der Waals surface area (Å²) in [5.74, 6) is 3.19. The first-order valence-electron chi connectivity index (χ1n) is 9.17. The highest BCUT2D eigenvalue weighted by molar-refractivity contribution is 5.96. The van der Waals surface area contributed by atoms with Crippen molar-refractivity contribution < 1.29 is 9.59 Å². The SMILES string of the molecule is C[C@H]1[C@@H]2C[C@H]([C@H]([C@H]3C(=O)[C@@H]4C[C@@H]3C(C)(C)[C@H]4C)C2=O)C1(C)C. The number of carbonyl (C=O) groups excluding carboxylic acids is 2. The van der Waals surface area contributed by atoms with Gasteiger partial charge in [-0.25, -0.2) is 0 Å². The smallest absolute Gasteiger partial charge is 0.140 e. The van der Waals surface area contributed by atoms with Crippen LogP contribution in [0.3, 0.4) is 0 Å². The van der Waals surface area contributed by atoms with E-state index in [1.807, 2.05) is 0 Å². The predicted molar refractivity (Wildman–Crippen MR) is 86.1 cm³/mol. The molecule has 122 valence electrons. The maximum atomic E-state index is 13.0. The van der Waals surface area contributed by atoms with E-state index in [1.165, 1.54) is 0 Å². The Bertz CT molecular complexity index is 508. The fourth-order valence-electron chi connectivity index (χ4n) is 6.96. The Morgan fingerprint density at radius 3 is 1.32 bits per heavy atom. The Morgan fingerprint density at radius 1 is 0.727 bits per heavy atom. The highest BCUT2D eigenvalue weighted by Gasteiger charge is 2.68. The second kappa shape index (κ2) is 4.05. The van der Waals surface area contributed by atoms with Crippen LogP contribution in [0, 0.1) is 58.2 Å². The molecule has 0 saturated heterocycles. The summed E-state index contributed by atoms with van der Waals surface area (Å²) in [4.78, 5) is 26.0. The van der Waals surface area contributed by atoms with Crippen LogP contribution in [0.15, 0.2) is 0 Å². The lowest BCUT2D eigenvalue weighted by Crippen LogP contribution is -2.50. The summed E-state index contributed by atoms with van der Waals surface area (Å²) in [5, 5.41) is 0. The van der Waals surface area contributed by atoms with Gasteiger partial charge in [-0.1, -0.05) is 41.5 Å². The molecule has 4 bridgehead atoms. The van der Waals surface area contributed by atoms with Gasteiger partial charge in [0.1, 0.15) is 11.6 Å². The monoisotopic (exact) mass is 302 g/mol. The van der Waals surface area contributed by atoms with Gasteiger partial charge >= 0.3 is 0 Å². The van der Waals surface area contributed by atoms with E-state index in [4.69, 9.17) is 0 Å². The number of Topliss-reactive ketones (excluding diaryl/α,β-unsaturated/α-hetero) is 2. The molecule has 0 aromatic heterocycles. The molecule has 0 aromatic carbocycles. The molecule has 4 fully saturated rings. The van der Waals surface area contributed by atoms with Crippen LogP contribution < -0.4 is 0 Å². The standard InChI is InChI=1S/C20H30O2/c1-9-11-7-13(19(9,3)4)15(17(11)21)16-14-8-12(18(16)22)10(2)20(14,5)6/h9-16H,7-8H2,1-6H3/t9-,10-,11-,12+,13+,14-,15+,16-/m0/s1. The van der Waals surface area contributed by atoms with Gasteiger partial charge in [0, 0.05) is 23.7 Å². The molecule has 4 rings (SSSR count). The van der Waals surface area contributed by atoms with Gasteiger partial charge in [-0.2, -0.15) is 0 Å². The normalized spacial score (nSPS) is 54.5. The average Bonchev–Trinajstić information content (AvgIpc) is 3.06. The van der Waals surface area contributed by atoms with E-state index in [1.54, 1.807) is 0 Å². The van der Waals surface area contributed by atoms with Crippen molar-refractivity contribution in [2.75, 3.05) is 0 Å². The van der Waals surface area contributed by atoms with Gasteiger partial charge in [-0.3, -0.25) is 9.59 Å². The highest BCUT2D eigenvalue weighted by Crippen LogP contribution is 2.68. The minimum absolute atomic E-state index is 0.0328. The molecule has 2 nitrogen and oxygen atoms in total. The lowest BCUT2D eigenvalue weighted by molar-refractivity contribution is -0.145. The molecule has 0 aliphatic heterocycles. The van der Waals surface area contributed by atoms with Crippen molar-refractivity contribution >= 4 is 11.6 Å². The predicted octanol–water partition coefficient (Wildman–Crippen LogP) is 3.98. The molecular formula is C20H30O2. The van der Waals surface area contributed by atoms with Gasteiger partial charge in [0.05, 0.1) is 0 Å². The number of hydrogen-bond donors (Lipinski definition) is 0. The van der Waals surface area contributed by atoms with Crippen molar-refractivity contribution in [3.05, 3.63) is 0 Å². The first-order valence-corrected chi connectivity index (χ1v) is 9.17. The number of hydrogen-bond acceptors (Lipinski definition) is 2. The van der Waals surface area contributed by atoms with Crippen molar-refractivity contribution in [1.82, 2.24) is 0 Å². The summed E-state index contributed by atoms with van der Waals surface area (Å²) in [6.45, 7) is 13.8. The largest absolute Gasteiger partial charge is 0.299 e. The van der Waals surface area contributed by atoms with Gasteiger partial charge in [0.25, 0.3) is 0 Å². The molecule has 0 unspecified atom stereocenters. The summed E-state index contributed by atoms with van der Waals surface area (Å²) >= 11 is 0. The van der Waals surface area contributed by atoms with Gasteiger partial charge in [-0.05, 0) is 47.3 Å². The molecule has 0 radical (unpaired) electrons. The van der Waals surface area contributed by atoms with Crippen LogP contribution in [-0.2, 0) is 9.59 Å². The minimum atomic E-state index is 0.0328. The van der Waals surface area contributed by atoms with E-state index in [2.05, 4.69) is 41.5 Å². The Balaban J connectivity index is 1.72. The van der Waals surface area contributed by atoms with Crippen molar-refractivity contribution in [3.8, 4) is 0 Å². The van der Waals surface area contributed by atoms with Crippen LogP contribution >= 0.6 is 0 Å². The van der Waals surface area contributed by atoms with Crippen molar-refractivity contribution in [2.24, 2.45) is 58.2 Å². The van der Waals surface area contributed by atoms with Crippen LogP contribution in [0.4, 0.5) is 0 Å². The zero-order chi connectivity index (χ0) is 16.2. The highest BCUT2D eigenvalue weighted by atomic mass is 16.1. The summed E-state index contributed by atoms with van der Waals surface area (Å²) in [6.07, 6.45) is 2.07. The number of carbonyl (C=O) groups is 2. The quantitative estimate of drug-likeness (QED) is 0.734. The molecule has 4 aliphatic carbocycles. The van der Waals surface area contributed by atoms with Crippen molar-refractivity contribution in [2.45, 2.75) is 54.4 Å². The van der Waals surface area contributed by atoms with Crippen LogP contribution in [0.2, 0.25) is 0 Å². The molecule has 8 atom stereocenters. The van der Waals surface area contributed by atoms with Crippen LogP contribution in [-0.4, -0.2) is 11.6 Å². The summed E-state index contributed by atoms with van der Waals surface area (Å²) in [7, 11) is 0. The van der Waals surface area contributed by atoms with Gasteiger partial charge in [0.15, 0.2) is 0 Å². The summed E-state index contributed by atoms with van der Waals surface area (Å²) in [6, 6.07) is 0. The third-order valence-electron chi connectivity index (χ3n) is 9.12. The number of rotatable bonds is 1. The Kier molecular flexibility index (Phi) is 2.74. The first kappa shape index (κ1) is 14.9. The van der Waals surface area contributed by atoms with Crippen LogP contribution in [0.5, 0.6) is 0 Å². The van der Waals surface area contributed by atoms with E-state index in [0.29, 0.717) is 35.2 Å². The summed E-state index contributed by atoms with van der Waals surface area (Å²) < 4.78 is 0. The molecule has 22 heavy (non-hydrogen) atoms. The van der Waals surface area contributed by atoms with Crippen LogP contribution in [0.1, 0.15) is 54.4 Å². The van der Waals surface area contributed by atoms with Gasteiger partial charge in [0.2, 0.25) is 0 Å². The molecule has 2 heteroatoms. The Morgan fingerprint density at radius 2 is 1.05 bits per heavy atom. The number of fused-ring (bicyclic) bond motifs is 4. The fraction of sp³-hybridized carbons (Fsp3) is 0.900. The number of ketones is 2. The molecule has 0 spiro atoms. The lowest BCUT2D eigenvalue weighted by atomic mass is 9.55. The van der Waals surface area contributed by atoms with E-state index >= 15 is 0 Å². The Hall–Kier alpha value is -0.660. The van der Waals surface area contributed by atoms with E-state index in [0.717, 1.165) is 12.8 Å². The molecular weight excluding hydrogens is 272 g/mol. The second-order valence-electron chi connectivity index (χ2n) is 9.97. The third-order valence-corrected chi connectivity index (χ3v) is 9.12. The van der Waals surface area contributed by atoms with E-state index in [-0.39, 0.29) is 34.5 Å². The molecule has 0 aromatic rings. The zero-order valence-corrected chi connectivity index (χ0v) is 14.8. The molecule has 0 N–H and O–H groups in total. The van der Waals surface area contributed by atoms with E-state index < -0.39 is 0 Å². The summed E-state index contributed by atoms with van der Waals surface area (Å²) in [5.41, 5.74) is 0.419. The van der Waals surface area contributed by atoms with Gasteiger partial charge in [-0.15, -0.1) is 0 Å². The topological polar surface area (TPSA) is 34.1 Å². The van der Waals surface area contributed by atoms with E-state index in [9.17, 15) is 9.59 Å². The fourth-order valence-corrected chi connectivity index (χ4v) is 6.96. The van der Waals surface area contributed by atoms with Crippen molar-refractivity contribution in [3.63, 3.8) is 0 Å². The molecule has 4 saturated carbocycles. The van der Waals surface area contributed by atoms with Gasteiger partial charge < -0.3 is 0 Å². The molecule has 4 aliphatic rings. The second-order valence-corrected chi connectivity index (χ2v) is 9.97. The molecule has 0 amide bonds. The average molecular weight is 302 g/mol. The molecule has 0 heterocycles. The Labute approximate surface area is 134 Å². The maximum absolute atomic E-state index is 13.0. The minimum Gasteiger partial charge on any atom is -0.299 e.